The van der Waals surface area contributed by atoms with Crippen LogP contribution in [0.25, 0.3) is 0 Å². The third kappa shape index (κ3) is 3.78. The normalized spacial score (nSPS) is 27.5. The second-order valence-electron chi connectivity index (χ2n) is 5.11. The highest BCUT2D eigenvalue weighted by molar-refractivity contribution is 5.01. The van der Waals surface area contributed by atoms with Crippen molar-refractivity contribution in [2.75, 3.05) is 59.5 Å². The molecule has 4 heteroatoms. The van der Waals surface area contributed by atoms with Gasteiger partial charge in [-0.2, -0.15) is 0 Å². The Balaban J connectivity index is 1.73. The van der Waals surface area contributed by atoms with Crippen LogP contribution in [0.1, 0.15) is 6.42 Å². The zero-order valence-electron chi connectivity index (χ0n) is 11.0. The molecule has 0 aromatic carbocycles. The van der Waals surface area contributed by atoms with Crippen LogP contribution in [0.15, 0.2) is 12.2 Å². The molecule has 98 valence electrons. The topological polar surface area (TPSA) is 27.7 Å². The second kappa shape index (κ2) is 6.50. The molecule has 0 aromatic heterocycles. The Hall–Kier alpha value is -0.420. The average Bonchev–Trinajstić information content (AvgIpc) is 2.79. The Bertz CT molecular complexity index is 251. The maximum absolute atomic E-state index is 5.40. The van der Waals surface area contributed by atoms with Gasteiger partial charge >= 0.3 is 0 Å². The predicted molar refractivity (Wildman–Crippen MR) is 70.3 cm³/mol. The first kappa shape index (κ1) is 13.0. The molecule has 17 heavy (non-hydrogen) atoms. The van der Waals surface area contributed by atoms with Gasteiger partial charge in [0, 0.05) is 45.3 Å². The van der Waals surface area contributed by atoms with Gasteiger partial charge in [0.05, 0.1) is 13.2 Å². The smallest absolute Gasteiger partial charge is 0.0594 e. The van der Waals surface area contributed by atoms with Gasteiger partial charge in [-0.15, -0.1) is 0 Å². The molecular weight excluding hydrogens is 214 g/mol. The van der Waals surface area contributed by atoms with Gasteiger partial charge in [-0.05, 0) is 19.0 Å². The molecule has 0 aromatic rings. The van der Waals surface area contributed by atoms with E-state index in [1.165, 1.54) is 25.1 Å². The van der Waals surface area contributed by atoms with E-state index in [1.54, 1.807) is 0 Å². The highest BCUT2D eigenvalue weighted by Crippen LogP contribution is 2.17. The molecule has 2 fully saturated rings. The third-order valence-electron chi connectivity index (χ3n) is 3.68. The monoisotopic (exact) mass is 239 g/mol. The average molecular weight is 239 g/mol. The lowest BCUT2D eigenvalue weighted by atomic mass is 10.2. The van der Waals surface area contributed by atoms with Gasteiger partial charge in [0.1, 0.15) is 0 Å². The number of nitrogens with zero attached hydrogens (tertiary/aromatic N) is 2. The van der Waals surface area contributed by atoms with E-state index in [4.69, 9.17) is 4.74 Å². The minimum absolute atomic E-state index is 0.737. The van der Waals surface area contributed by atoms with Crippen molar-refractivity contribution in [1.82, 2.24) is 15.1 Å². The molecule has 0 aliphatic carbocycles. The third-order valence-corrected chi connectivity index (χ3v) is 3.68. The number of morpholine rings is 1. The second-order valence-corrected chi connectivity index (χ2v) is 5.11. The van der Waals surface area contributed by atoms with Crippen LogP contribution in [-0.2, 0) is 4.74 Å². The predicted octanol–water partition coefficient (Wildman–Crippen LogP) is 0.169. The van der Waals surface area contributed by atoms with Crippen LogP contribution >= 0.6 is 0 Å². The van der Waals surface area contributed by atoms with Gasteiger partial charge in [-0.1, -0.05) is 6.58 Å². The van der Waals surface area contributed by atoms with Gasteiger partial charge in [0.25, 0.3) is 0 Å². The fraction of sp³-hybridized carbons (Fsp3) is 0.846. The summed E-state index contributed by atoms with van der Waals surface area (Å²) in [5.41, 5.74) is 1.29. The van der Waals surface area contributed by atoms with E-state index in [0.29, 0.717) is 0 Å². The van der Waals surface area contributed by atoms with Gasteiger partial charge in [-0.3, -0.25) is 9.80 Å². The molecule has 2 heterocycles. The van der Waals surface area contributed by atoms with E-state index in [1.807, 2.05) is 7.05 Å². The first-order valence-electron chi connectivity index (χ1n) is 6.65. The fourth-order valence-corrected chi connectivity index (χ4v) is 2.82. The van der Waals surface area contributed by atoms with Gasteiger partial charge in [0.15, 0.2) is 0 Å². The largest absolute Gasteiger partial charge is 0.379 e. The Morgan fingerprint density at radius 2 is 2.12 bits per heavy atom. The highest BCUT2D eigenvalue weighted by atomic mass is 16.5. The summed E-state index contributed by atoms with van der Waals surface area (Å²) in [5, 5.41) is 3.16. The van der Waals surface area contributed by atoms with Crippen LogP contribution in [0, 0.1) is 0 Å². The first-order chi connectivity index (χ1) is 8.29. The summed E-state index contributed by atoms with van der Waals surface area (Å²) in [6.45, 7) is 12.5. The minimum atomic E-state index is 0.737. The van der Waals surface area contributed by atoms with Gasteiger partial charge in [-0.25, -0.2) is 0 Å². The zero-order valence-corrected chi connectivity index (χ0v) is 11.0. The molecule has 0 amide bonds. The molecule has 2 aliphatic heterocycles. The van der Waals surface area contributed by atoms with Gasteiger partial charge < -0.3 is 10.1 Å². The van der Waals surface area contributed by atoms with Crippen LogP contribution in [0.2, 0.25) is 0 Å². The Labute approximate surface area is 105 Å². The molecule has 2 rings (SSSR count). The highest BCUT2D eigenvalue weighted by Gasteiger charge is 2.28. The Kier molecular flexibility index (Phi) is 4.98. The summed E-state index contributed by atoms with van der Waals surface area (Å²) >= 11 is 0. The lowest BCUT2D eigenvalue weighted by Gasteiger charge is -2.32. The molecule has 1 atom stereocenters. The maximum Gasteiger partial charge on any atom is 0.0594 e. The summed E-state index contributed by atoms with van der Waals surface area (Å²) in [6.07, 6.45) is 1.30. The lowest BCUT2D eigenvalue weighted by molar-refractivity contribution is 0.0187. The van der Waals surface area contributed by atoms with Gasteiger partial charge in [0.2, 0.25) is 0 Å². The molecule has 4 nitrogen and oxygen atoms in total. The molecule has 0 spiro atoms. The number of likely N-dealkylation sites (tertiary alicyclic amines) is 1. The van der Waals surface area contributed by atoms with E-state index in [9.17, 15) is 0 Å². The minimum Gasteiger partial charge on any atom is -0.379 e. The van der Waals surface area contributed by atoms with Crippen molar-refractivity contribution in [2.24, 2.45) is 0 Å². The number of likely N-dealkylation sites (N-methyl/N-ethyl adjacent to an activating group) is 1. The van der Waals surface area contributed by atoms with Crippen molar-refractivity contribution in [3.05, 3.63) is 12.2 Å². The fourth-order valence-electron chi connectivity index (χ4n) is 2.82. The first-order valence-corrected chi connectivity index (χ1v) is 6.65. The molecule has 1 unspecified atom stereocenters. The van der Waals surface area contributed by atoms with E-state index in [2.05, 4.69) is 21.7 Å². The molecule has 2 aliphatic rings. The van der Waals surface area contributed by atoms with Crippen molar-refractivity contribution < 1.29 is 4.74 Å². The van der Waals surface area contributed by atoms with Crippen LogP contribution in [0.4, 0.5) is 0 Å². The zero-order chi connectivity index (χ0) is 12.1. The standard InChI is InChI=1S/C13H25N3O/c1-12(9-14-2)10-15-4-3-13(11-15)16-5-7-17-8-6-16/h13-14H,1,3-11H2,2H3. The van der Waals surface area contributed by atoms with Crippen LogP contribution in [0.5, 0.6) is 0 Å². The number of hydrogen-bond donors (Lipinski definition) is 1. The summed E-state index contributed by atoms with van der Waals surface area (Å²) in [5.74, 6) is 0. The van der Waals surface area contributed by atoms with E-state index in [0.717, 1.165) is 45.4 Å². The van der Waals surface area contributed by atoms with Crippen LogP contribution in [0.3, 0.4) is 0 Å². The van der Waals surface area contributed by atoms with Crippen molar-refractivity contribution in [1.29, 1.82) is 0 Å². The van der Waals surface area contributed by atoms with Crippen molar-refractivity contribution in [3.8, 4) is 0 Å². The molecule has 0 saturated carbocycles. The van der Waals surface area contributed by atoms with E-state index in [-0.39, 0.29) is 0 Å². The SMILES string of the molecule is C=C(CNC)CN1CCC(N2CCOCC2)C1. The molecule has 1 N–H and O–H groups in total. The maximum atomic E-state index is 5.40. The molecule has 0 bridgehead atoms. The summed E-state index contributed by atoms with van der Waals surface area (Å²) in [7, 11) is 1.98. The quantitative estimate of drug-likeness (QED) is 0.692. The van der Waals surface area contributed by atoms with Crippen LogP contribution < -0.4 is 5.32 Å². The number of rotatable bonds is 5. The van der Waals surface area contributed by atoms with E-state index >= 15 is 0 Å². The number of nitrogens with one attached hydrogen (secondary N) is 1. The number of hydrogen-bond acceptors (Lipinski definition) is 4. The molecule has 0 radical (unpaired) electrons. The van der Waals surface area contributed by atoms with Crippen LogP contribution in [-0.4, -0.2) is 75.4 Å². The number of ether oxygens (including phenoxy) is 1. The summed E-state index contributed by atoms with van der Waals surface area (Å²) < 4.78 is 5.40. The lowest BCUT2D eigenvalue weighted by Crippen LogP contribution is -2.44. The molecular formula is C13H25N3O. The van der Waals surface area contributed by atoms with Crippen molar-refractivity contribution in [2.45, 2.75) is 12.5 Å². The van der Waals surface area contributed by atoms with Crippen molar-refractivity contribution in [3.63, 3.8) is 0 Å². The summed E-state index contributed by atoms with van der Waals surface area (Å²) in [4.78, 5) is 5.12. The van der Waals surface area contributed by atoms with Crippen molar-refractivity contribution >= 4 is 0 Å². The molecule has 2 saturated heterocycles. The summed E-state index contributed by atoms with van der Waals surface area (Å²) in [6, 6.07) is 0.737. The Morgan fingerprint density at radius 1 is 1.35 bits per heavy atom. The van der Waals surface area contributed by atoms with E-state index < -0.39 is 0 Å². The Morgan fingerprint density at radius 3 is 2.82 bits per heavy atom.